The van der Waals surface area contributed by atoms with Crippen LogP contribution in [0.25, 0.3) is 6.08 Å². The van der Waals surface area contributed by atoms with Gasteiger partial charge in [-0.2, -0.15) is 8.42 Å². The topological polar surface area (TPSA) is 110 Å². The molecule has 1 amide bonds. The minimum atomic E-state index is -4.12. The van der Waals surface area contributed by atoms with Crippen molar-refractivity contribution in [1.82, 2.24) is 0 Å². The van der Waals surface area contributed by atoms with Crippen LogP contribution in [0.4, 0.5) is 5.69 Å². The van der Waals surface area contributed by atoms with Gasteiger partial charge in [0.25, 0.3) is 10.1 Å². The van der Waals surface area contributed by atoms with E-state index >= 15 is 0 Å². The van der Waals surface area contributed by atoms with Crippen LogP contribution in [-0.2, 0) is 21.3 Å². The lowest BCUT2D eigenvalue weighted by Gasteiger charge is -2.18. The lowest BCUT2D eigenvalue weighted by Crippen LogP contribution is -2.23. The van der Waals surface area contributed by atoms with Crippen LogP contribution in [0.5, 0.6) is 11.5 Å². The molecule has 4 aromatic carbocycles. The Labute approximate surface area is 286 Å². The van der Waals surface area contributed by atoms with Gasteiger partial charge < -0.3 is 10.1 Å². The van der Waals surface area contributed by atoms with Gasteiger partial charge in [0.15, 0.2) is 5.78 Å². The van der Waals surface area contributed by atoms with Crippen molar-refractivity contribution in [3.8, 4) is 11.5 Å². The highest BCUT2D eigenvalue weighted by Gasteiger charge is 2.22. The maximum Gasteiger partial charge on any atom is 0.264 e. The zero-order valence-electron chi connectivity index (χ0n) is 26.4. The van der Waals surface area contributed by atoms with E-state index in [-0.39, 0.29) is 29.9 Å². The number of allylic oxidation sites excluding steroid dienone is 1. The molecule has 0 saturated carbocycles. The number of Topliss-reactive ketones (excluding diaryl/α,β-unsaturated/α-hetero) is 1. The van der Waals surface area contributed by atoms with Crippen LogP contribution in [0.1, 0.15) is 66.6 Å². The fraction of sp³-hybridized carbons (Fsp3) is 0.243. The summed E-state index contributed by atoms with van der Waals surface area (Å²) < 4.78 is 36.7. The van der Waals surface area contributed by atoms with Crippen LogP contribution in [0, 0.1) is 5.41 Å². The van der Waals surface area contributed by atoms with Crippen molar-refractivity contribution in [1.29, 1.82) is 0 Å². The molecule has 246 valence electrons. The van der Waals surface area contributed by atoms with Crippen LogP contribution in [-0.4, -0.2) is 30.4 Å². The Bertz CT molecular complexity index is 1830. The SMILES string of the molecule is CC(C)(C)/C=C/c1ccc(C(Cc2ccc(C(=O)CCCS(=O)(=O)O)cc2)C(=O)Nc2ccc(Oc3ccc(Cl)c(Cl)c3)cc2)cc1. The summed E-state index contributed by atoms with van der Waals surface area (Å²) in [6.07, 6.45) is 4.60. The summed E-state index contributed by atoms with van der Waals surface area (Å²) in [6.45, 7) is 6.38. The van der Waals surface area contributed by atoms with Crippen LogP contribution >= 0.6 is 23.2 Å². The summed E-state index contributed by atoms with van der Waals surface area (Å²) in [7, 11) is -4.12. The second kappa shape index (κ2) is 15.8. The minimum absolute atomic E-state index is 0.00253. The van der Waals surface area contributed by atoms with Crippen molar-refractivity contribution in [2.24, 2.45) is 5.41 Å². The van der Waals surface area contributed by atoms with E-state index in [9.17, 15) is 18.0 Å². The van der Waals surface area contributed by atoms with E-state index in [1.165, 1.54) is 0 Å². The molecule has 4 aromatic rings. The first-order chi connectivity index (χ1) is 22.1. The Hall–Kier alpha value is -3.95. The molecule has 0 radical (unpaired) electrons. The summed E-state index contributed by atoms with van der Waals surface area (Å²) in [5.74, 6) is -0.344. The second-order valence-electron chi connectivity index (χ2n) is 12.3. The number of rotatable bonds is 13. The van der Waals surface area contributed by atoms with Gasteiger partial charge in [0, 0.05) is 23.7 Å². The lowest BCUT2D eigenvalue weighted by molar-refractivity contribution is -0.117. The number of hydrogen-bond acceptors (Lipinski definition) is 5. The summed E-state index contributed by atoms with van der Waals surface area (Å²) in [4.78, 5) is 26.3. The fourth-order valence-corrected chi connectivity index (χ4v) is 5.48. The number of halogens is 2. The number of hydrogen-bond donors (Lipinski definition) is 2. The first kappa shape index (κ1) is 35.9. The molecule has 0 fully saturated rings. The summed E-state index contributed by atoms with van der Waals surface area (Å²) in [5, 5.41) is 3.84. The van der Waals surface area contributed by atoms with Crippen molar-refractivity contribution < 1.29 is 27.3 Å². The first-order valence-corrected chi connectivity index (χ1v) is 17.4. The number of nitrogens with one attached hydrogen (secondary N) is 1. The van der Waals surface area contributed by atoms with Gasteiger partial charge >= 0.3 is 0 Å². The number of benzene rings is 4. The molecule has 2 N–H and O–H groups in total. The van der Waals surface area contributed by atoms with Gasteiger partial charge in [-0.15, -0.1) is 0 Å². The summed E-state index contributed by atoms with van der Waals surface area (Å²) >= 11 is 12.1. The van der Waals surface area contributed by atoms with E-state index in [2.05, 4.69) is 38.2 Å². The molecule has 10 heteroatoms. The normalized spacial score (nSPS) is 12.6. The molecule has 7 nitrogen and oxygen atoms in total. The predicted molar refractivity (Wildman–Crippen MR) is 189 cm³/mol. The van der Waals surface area contributed by atoms with Crippen LogP contribution in [0.2, 0.25) is 10.0 Å². The maximum atomic E-state index is 13.8. The van der Waals surface area contributed by atoms with E-state index in [4.69, 9.17) is 32.5 Å². The quantitative estimate of drug-likeness (QED) is 0.107. The standard InChI is InChI=1S/C37H37Cl2NO6S/c1-37(2,3)21-20-25-6-10-27(11-7-25)32(23-26-8-12-28(13-9-26)35(41)5-4-22-47(43,44)45)36(42)40-29-14-16-30(17-15-29)46-31-18-19-33(38)34(39)24-31/h6-21,24,32H,4-5,22-23H2,1-3H3,(H,40,42)(H,43,44,45)/b21-20+. The molecule has 1 atom stereocenters. The van der Waals surface area contributed by atoms with Gasteiger partial charge in [-0.1, -0.05) is 105 Å². The highest BCUT2D eigenvalue weighted by atomic mass is 35.5. The van der Waals surface area contributed by atoms with Crippen molar-refractivity contribution in [3.63, 3.8) is 0 Å². The van der Waals surface area contributed by atoms with Gasteiger partial charge in [0.05, 0.1) is 21.7 Å². The average Bonchev–Trinajstić information content (AvgIpc) is 3.01. The number of carbonyl (C=O) groups is 2. The van der Waals surface area contributed by atoms with Gasteiger partial charge in [-0.05, 0) is 71.3 Å². The molecule has 0 bridgehead atoms. The molecule has 0 aliphatic heterocycles. The monoisotopic (exact) mass is 693 g/mol. The summed E-state index contributed by atoms with van der Waals surface area (Å²) in [5.41, 5.74) is 3.77. The Kier molecular flexibility index (Phi) is 12.0. The smallest absolute Gasteiger partial charge is 0.264 e. The molecule has 0 heterocycles. The van der Waals surface area contributed by atoms with E-state index in [1.54, 1.807) is 66.7 Å². The number of amides is 1. The summed E-state index contributed by atoms with van der Waals surface area (Å²) in [6, 6.07) is 26.8. The number of ether oxygens (including phenoxy) is 1. The van der Waals surface area contributed by atoms with Crippen molar-refractivity contribution in [2.75, 3.05) is 11.1 Å². The highest BCUT2D eigenvalue weighted by Crippen LogP contribution is 2.31. The molecule has 4 rings (SSSR count). The zero-order chi connectivity index (χ0) is 34.2. The van der Waals surface area contributed by atoms with E-state index in [0.29, 0.717) is 39.2 Å². The zero-order valence-corrected chi connectivity index (χ0v) is 28.7. The van der Waals surface area contributed by atoms with Gasteiger partial charge in [-0.3, -0.25) is 14.1 Å². The maximum absolute atomic E-state index is 13.8. The molecular weight excluding hydrogens is 657 g/mol. The molecule has 0 aliphatic carbocycles. The third kappa shape index (κ3) is 11.7. The number of ketones is 1. The molecule has 0 saturated heterocycles. The van der Waals surface area contributed by atoms with Gasteiger partial charge in [0.1, 0.15) is 11.5 Å². The van der Waals surface area contributed by atoms with E-state index in [1.807, 2.05) is 24.3 Å². The van der Waals surface area contributed by atoms with E-state index < -0.39 is 21.8 Å². The molecule has 0 spiro atoms. The van der Waals surface area contributed by atoms with Gasteiger partial charge in [0.2, 0.25) is 5.91 Å². The van der Waals surface area contributed by atoms with Crippen LogP contribution in [0.3, 0.4) is 0 Å². The second-order valence-corrected chi connectivity index (χ2v) is 14.7. The van der Waals surface area contributed by atoms with Crippen molar-refractivity contribution in [3.05, 3.63) is 129 Å². The molecule has 0 aliphatic rings. The Balaban J connectivity index is 1.50. The third-order valence-corrected chi connectivity index (χ3v) is 8.75. The Morgan fingerprint density at radius 2 is 1.51 bits per heavy atom. The average molecular weight is 695 g/mol. The molecule has 0 aromatic heterocycles. The minimum Gasteiger partial charge on any atom is -0.457 e. The lowest BCUT2D eigenvalue weighted by atomic mass is 9.89. The van der Waals surface area contributed by atoms with Crippen molar-refractivity contribution in [2.45, 2.75) is 46.0 Å². The third-order valence-electron chi connectivity index (χ3n) is 7.20. The van der Waals surface area contributed by atoms with Crippen LogP contribution < -0.4 is 10.1 Å². The molecular formula is C37H37Cl2NO6S. The van der Waals surface area contributed by atoms with E-state index in [0.717, 1.165) is 16.7 Å². The number of carbonyl (C=O) groups excluding carboxylic acids is 2. The number of anilines is 1. The largest absolute Gasteiger partial charge is 0.457 e. The fourth-order valence-electron chi connectivity index (χ4n) is 4.68. The Morgan fingerprint density at radius 1 is 0.872 bits per heavy atom. The van der Waals surface area contributed by atoms with Crippen LogP contribution in [0.15, 0.2) is 97.1 Å². The highest BCUT2D eigenvalue weighted by molar-refractivity contribution is 7.85. The molecule has 47 heavy (non-hydrogen) atoms. The Morgan fingerprint density at radius 3 is 2.11 bits per heavy atom. The predicted octanol–water partition coefficient (Wildman–Crippen LogP) is 9.66. The van der Waals surface area contributed by atoms with Crippen molar-refractivity contribution >= 4 is 56.8 Å². The first-order valence-electron chi connectivity index (χ1n) is 15.1. The molecule has 1 unspecified atom stereocenters. The van der Waals surface area contributed by atoms with Gasteiger partial charge in [-0.25, -0.2) is 0 Å².